The lowest BCUT2D eigenvalue weighted by atomic mass is 9.98. The molecule has 0 aliphatic carbocycles. The zero-order valence-corrected chi connectivity index (χ0v) is 10.2. The Labute approximate surface area is 104 Å². The maximum Gasteiger partial charge on any atom is 0.226 e. The molecular weight excluding hydrogens is 234 g/mol. The summed E-state index contributed by atoms with van der Waals surface area (Å²) < 4.78 is -0.432. The number of β-lactam (4-membered cyclic amide) rings is 1. The van der Waals surface area contributed by atoms with E-state index in [1.54, 1.807) is 11.8 Å². The van der Waals surface area contributed by atoms with Gasteiger partial charge in [0.25, 0.3) is 0 Å². The standard InChI is InChI=1S/C13H13NO2S/c15-9-13(7-10-4-2-1-3-5-10)8-14-11(16)6-12(14)17-13/h1-5,9,12H,6-8H2/t12-,13?/m1/s1. The molecule has 3 rings (SSSR count). The molecule has 0 N–H and O–H groups in total. The molecular formula is C13H13NO2S. The van der Waals surface area contributed by atoms with Crippen LogP contribution < -0.4 is 0 Å². The SMILES string of the molecule is O=CC1(Cc2ccccc2)CN2C(=O)C[C@H]2S1. The monoisotopic (exact) mass is 247 g/mol. The van der Waals surface area contributed by atoms with Gasteiger partial charge in [-0.05, 0) is 12.0 Å². The number of rotatable bonds is 3. The molecule has 3 nitrogen and oxygen atoms in total. The van der Waals surface area contributed by atoms with Gasteiger partial charge in [0.2, 0.25) is 5.91 Å². The summed E-state index contributed by atoms with van der Waals surface area (Å²) in [4.78, 5) is 24.6. The molecule has 1 amide bonds. The Morgan fingerprint density at radius 2 is 2.18 bits per heavy atom. The Bertz CT molecular complexity index is 462. The van der Waals surface area contributed by atoms with E-state index in [1.807, 2.05) is 35.2 Å². The van der Waals surface area contributed by atoms with E-state index in [9.17, 15) is 9.59 Å². The molecule has 2 aliphatic rings. The average molecular weight is 247 g/mol. The second-order valence-corrected chi connectivity index (χ2v) is 6.24. The van der Waals surface area contributed by atoms with Crippen LogP contribution in [-0.2, 0) is 16.0 Å². The summed E-state index contributed by atoms with van der Waals surface area (Å²) in [5.41, 5.74) is 1.15. The highest BCUT2D eigenvalue weighted by Gasteiger charge is 2.52. The van der Waals surface area contributed by atoms with Gasteiger partial charge in [0, 0.05) is 6.54 Å². The van der Waals surface area contributed by atoms with Crippen LogP contribution in [0.25, 0.3) is 0 Å². The Hall–Kier alpha value is -1.29. The van der Waals surface area contributed by atoms with Gasteiger partial charge in [-0.25, -0.2) is 0 Å². The first-order valence-electron chi connectivity index (χ1n) is 5.70. The molecule has 2 fully saturated rings. The maximum atomic E-state index is 11.4. The Kier molecular flexibility index (Phi) is 2.47. The van der Waals surface area contributed by atoms with E-state index >= 15 is 0 Å². The Morgan fingerprint density at radius 3 is 2.76 bits per heavy atom. The molecule has 2 saturated heterocycles. The van der Waals surface area contributed by atoms with Gasteiger partial charge in [0.15, 0.2) is 0 Å². The number of hydrogen-bond acceptors (Lipinski definition) is 3. The zero-order chi connectivity index (χ0) is 11.9. The second-order valence-electron chi connectivity index (χ2n) is 4.64. The summed E-state index contributed by atoms with van der Waals surface area (Å²) in [5.74, 6) is 0.180. The number of thioether (sulfide) groups is 1. The van der Waals surface area contributed by atoms with Crippen LogP contribution >= 0.6 is 11.8 Å². The number of benzene rings is 1. The van der Waals surface area contributed by atoms with Crippen molar-refractivity contribution in [1.29, 1.82) is 0 Å². The quantitative estimate of drug-likeness (QED) is 0.599. The molecule has 1 aromatic carbocycles. The number of carbonyl (C=O) groups is 2. The molecule has 2 aliphatic heterocycles. The average Bonchev–Trinajstić information content (AvgIpc) is 2.65. The second kappa shape index (κ2) is 3.88. The maximum absolute atomic E-state index is 11.4. The number of amides is 1. The number of aldehydes is 1. The van der Waals surface area contributed by atoms with Crippen molar-refractivity contribution < 1.29 is 9.59 Å². The molecule has 2 atom stereocenters. The smallest absolute Gasteiger partial charge is 0.226 e. The van der Waals surface area contributed by atoms with E-state index in [2.05, 4.69) is 0 Å². The van der Waals surface area contributed by atoms with Gasteiger partial charge in [0.05, 0.1) is 16.5 Å². The van der Waals surface area contributed by atoms with Crippen molar-refractivity contribution in [2.75, 3.05) is 6.54 Å². The summed E-state index contributed by atoms with van der Waals surface area (Å²) in [7, 11) is 0. The fraction of sp³-hybridized carbons (Fsp3) is 0.385. The molecule has 0 bridgehead atoms. The molecule has 1 unspecified atom stereocenters. The molecule has 0 aromatic heterocycles. The van der Waals surface area contributed by atoms with Gasteiger partial charge in [-0.15, -0.1) is 11.8 Å². The molecule has 2 heterocycles. The van der Waals surface area contributed by atoms with Gasteiger partial charge in [-0.1, -0.05) is 30.3 Å². The van der Waals surface area contributed by atoms with Crippen molar-refractivity contribution in [1.82, 2.24) is 4.90 Å². The Morgan fingerprint density at radius 1 is 1.41 bits per heavy atom. The van der Waals surface area contributed by atoms with Crippen molar-refractivity contribution in [3.05, 3.63) is 35.9 Å². The van der Waals surface area contributed by atoms with Gasteiger partial charge in [0.1, 0.15) is 6.29 Å². The predicted molar refractivity (Wildman–Crippen MR) is 66.7 cm³/mol. The number of nitrogens with zero attached hydrogens (tertiary/aromatic N) is 1. The van der Waals surface area contributed by atoms with Crippen LogP contribution in [0.5, 0.6) is 0 Å². The number of fused-ring (bicyclic) bond motifs is 1. The summed E-state index contributed by atoms with van der Waals surface area (Å²) in [6.45, 7) is 0.569. The van der Waals surface area contributed by atoms with Crippen molar-refractivity contribution >= 4 is 24.0 Å². The highest BCUT2D eigenvalue weighted by Crippen LogP contribution is 2.47. The molecule has 0 radical (unpaired) electrons. The van der Waals surface area contributed by atoms with Crippen LogP contribution in [0.1, 0.15) is 12.0 Å². The molecule has 0 saturated carbocycles. The normalized spacial score (nSPS) is 30.9. The fourth-order valence-electron chi connectivity index (χ4n) is 2.46. The molecule has 88 valence electrons. The van der Waals surface area contributed by atoms with E-state index in [-0.39, 0.29) is 11.3 Å². The first-order valence-corrected chi connectivity index (χ1v) is 6.58. The van der Waals surface area contributed by atoms with Crippen molar-refractivity contribution in [3.63, 3.8) is 0 Å². The van der Waals surface area contributed by atoms with Crippen LogP contribution in [0, 0.1) is 0 Å². The third kappa shape index (κ3) is 1.76. The van der Waals surface area contributed by atoms with Crippen LogP contribution in [-0.4, -0.2) is 33.8 Å². The van der Waals surface area contributed by atoms with E-state index in [4.69, 9.17) is 0 Å². The van der Waals surface area contributed by atoms with Gasteiger partial charge in [-0.3, -0.25) is 4.79 Å². The third-order valence-corrected chi connectivity index (χ3v) is 4.92. The van der Waals surface area contributed by atoms with Crippen molar-refractivity contribution in [3.8, 4) is 0 Å². The topological polar surface area (TPSA) is 37.4 Å². The first-order chi connectivity index (χ1) is 8.22. The minimum absolute atomic E-state index is 0.180. The summed E-state index contributed by atoms with van der Waals surface area (Å²) >= 11 is 1.64. The van der Waals surface area contributed by atoms with E-state index in [0.29, 0.717) is 19.4 Å². The zero-order valence-electron chi connectivity index (χ0n) is 9.33. The summed E-state index contributed by atoms with van der Waals surface area (Å²) in [6, 6.07) is 9.99. The lowest BCUT2D eigenvalue weighted by Gasteiger charge is -2.32. The highest BCUT2D eigenvalue weighted by atomic mass is 32.2. The van der Waals surface area contributed by atoms with Gasteiger partial charge in [-0.2, -0.15) is 0 Å². The largest absolute Gasteiger partial charge is 0.328 e. The highest BCUT2D eigenvalue weighted by molar-refractivity contribution is 8.02. The molecule has 4 heteroatoms. The van der Waals surface area contributed by atoms with Gasteiger partial charge < -0.3 is 9.69 Å². The first kappa shape index (κ1) is 10.8. The van der Waals surface area contributed by atoms with Crippen LogP contribution in [0.2, 0.25) is 0 Å². The van der Waals surface area contributed by atoms with Crippen LogP contribution in [0.3, 0.4) is 0 Å². The van der Waals surface area contributed by atoms with Crippen LogP contribution in [0.15, 0.2) is 30.3 Å². The fourth-order valence-corrected chi connectivity index (χ4v) is 4.07. The molecule has 17 heavy (non-hydrogen) atoms. The van der Waals surface area contributed by atoms with E-state index in [1.165, 1.54) is 0 Å². The number of hydrogen-bond donors (Lipinski definition) is 0. The van der Waals surface area contributed by atoms with Crippen molar-refractivity contribution in [2.24, 2.45) is 0 Å². The van der Waals surface area contributed by atoms with Crippen LogP contribution in [0.4, 0.5) is 0 Å². The predicted octanol–water partition coefficient (Wildman–Crippen LogP) is 1.47. The van der Waals surface area contributed by atoms with E-state index in [0.717, 1.165) is 11.8 Å². The summed E-state index contributed by atoms with van der Waals surface area (Å²) in [6.07, 6.45) is 2.33. The van der Waals surface area contributed by atoms with E-state index < -0.39 is 4.75 Å². The molecule has 0 spiro atoms. The van der Waals surface area contributed by atoms with Crippen molar-refractivity contribution in [2.45, 2.75) is 23.0 Å². The molecule has 1 aromatic rings. The lowest BCUT2D eigenvalue weighted by Crippen LogP contribution is -2.48. The lowest BCUT2D eigenvalue weighted by molar-refractivity contribution is -0.140. The number of carbonyl (C=O) groups excluding carboxylic acids is 2. The van der Waals surface area contributed by atoms with Gasteiger partial charge >= 0.3 is 0 Å². The minimum Gasteiger partial charge on any atom is -0.328 e. The minimum atomic E-state index is -0.432. The summed E-state index contributed by atoms with van der Waals surface area (Å²) in [5, 5.41) is 0.233. The Balaban J connectivity index is 1.80. The third-order valence-electron chi connectivity index (χ3n) is 3.39.